The second-order valence-electron chi connectivity index (χ2n) is 6.92. The minimum absolute atomic E-state index is 0.0568. The van der Waals surface area contributed by atoms with Gasteiger partial charge in [-0.3, -0.25) is 14.7 Å². The van der Waals surface area contributed by atoms with Gasteiger partial charge in [-0.2, -0.15) is 13.2 Å². The standard InChI is InChI=1S/C15H23N5O2.C2HF3O2/c1-18(2)5-6-19-7-8-22-14-11-20(10-13(14)19)15(21)12-9-16-3-4-17-12;3-2(4,5)1(6)7/h3-4,9,13-14H,5-8,10-11H2,1-2H3;(H,6,7)/t13-,14+;/m1./s1. The Morgan fingerprint density at radius 2 is 2.00 bits per heavy atom. The summed E-state index contributed by atoms with van der Waals surface area (Å²) in [6.45, 7) is 5.03. The van der Waals surface area contributed by atoms with E-state index in [0.29, 0.717) is 18.8 Å². The Labute approximate surface area is 166 Å². The number of morpholine rings is 1. The van der Waals surface area contributed by atoms with Crippen molar-refractivity contribution in [2.45, 2.75) is 18.3 Å². The zero-order valence-corrected chi connectivity index (χ0v) is 16.2. The lowest BCUT2D eigenvalue weighted by Crippen LogP contribution is -2.52. The van der Waals surface area contributed by atoms with Crippen molar-refractivity contribution >= 4 is 11.9 Å². The van der Waals surface area contributed by atoms with E-state index in [1.165, 1.54) is 6.20 Å². The second kappa shape index (κ2) is 9.94. The first-order chi connectivity index (χ1) is 13.6. The maximum atomic E-state index is 12.5. The molecule has 2 aliphatic heterocycles. The number of hydrogen-bond acceptors (Lipinski definition) is 7. The molecule has 29 heavy (non-hydrogen) atoms. The number of likely N-dealkylation sites (tertiary alicyclic amines) is 1. The van der Waals surface area contributed by atoms with E-state index in [2.05, 4.69) is 33.9 Å². The van der Waals surface area contributed by atoms with Crippen molar-refractivity contribution in [3.05, 3.63) is 24.3 Å². The molecule has 1 N–H and O–H groups in total. The summed E-state index contributed by atoms with van der Waals surface area (Å²) in [6.07, 6.45) is -0.325. The van der Waals surface area contributed by atoms with Gasteiger partial charge >= 0.3 is 12.1 Å². The molecule has 0 bridgehead atoms. The molecule has 1 aromatic heterocycles. The fourth-order valence-corrected chi connectivity index (χ4v) is 3.10. The Hall–Kier alpha value is -2.31. The molecule has 0 unspecified atom stereocenters. The fraction of sp³-hybridized carbons (Fsp3) is 0.647. The van der Waals surface area contributed by atoms with Crippen molar-refractivity contribution in [2.24, 2.45) is 0 Å². The third kappa shape index (κ3) is 6.61. The predicted octanol–water partition coefficient (Wildman–Crippen LogP) is 0.197. The first-order valence-corrected chi connectivity index (χ1v) is 8.95. The number of aromatic nitrogens is 2. The van der Waals surface area contributed by atoms with E-state index in [9.17, 15) is 18.0 Å². The molecular formula is C17H24F3N5O4. The number of fused-ring (bicyclic) bond motifs is 1. The Balaban J connectivity index is 0.000000370. The highest BCUT2D eigenvalue weighted by molar-refractivity contribution is 5.92. The van der Waals surface area contributed by atoms with Crippen LogP contribution in [-0.4, -0.2) is 113 Å². The molecule has 12 heteroatoms. The Morgan fingerprint density at radius 3 is 2.55 bits per heavy atom. The maximum absolute atomic E-state index is 12.5. The number of carbonyl (C=O) groups excluding carboxylic acids is 1. The maximum Gasteiger partial charge on any atom is 0.490 e. The van der Waals surface area contributed by atoms with Gasteiger partial charge in [-0.15, -0.1) is 0 Å². The van der Waals surface area contributed by atoms with Crippen molar-refractivity contribution in [3.63, 3.8) is 0 Å². The Kier molecular flexibility index (Phi) is 7.88. The van der Waals surface area contributed by atoms with E-state index in [0.717, 1.165) is 26.2 Å². The highest BCUT2D eigenvalue weighted by atomic mass is 19.4. The zero-order chi connectivity index (χ0) is 21.6. The van der Waals surface area contributed by atoms with Crippen LogP contribution >= 0.6 is 0 Å². The van der Waals surface area contributed by atoms with Gasteiger partial charge in [-0.25, -0.2) is 9.78 Å². The lowest BCUT2D eigenvalue weighted by Gasteiger charge is -2.37. The Bertz CT molecular complexity index is 689. The summed E-state index contributed by atoms with van der Waals surface area (Å²) in [6, 6.07) is 0.286. The number of halogens is 3. The number of carbonyl (C=O) groups is 2. The first kappa shape index (κ1) is 23.0. The molecule has 2 saturated heterocycles. The highest BCUT2D eigenvalue weighted by Gasteiger charge is 2.42. The van der Waals surface area contributed by atoms with Crippen LogP contribution in [0.1, 0.15) is 10.5 Å². The molecule has 1 aromatic rings. The van der Waals surface area contributed by atoms with Crippen LogP contribution in [0.4, 0.5) is 13.2 Å². The third-order valence-electron chi connectivity index (χ3n) is 4.56. The number of hydrogen-bond donors (Lipinski definition) is 1. The topological polar surface area (TPSA) is 99.1 Å². The van der Waals surface area contributed by atoms with Crippen LogP contribution in [0.5, 0.6) is 0 Å². The lowest BCUT2D eigenvalue weighted by molar-refractivity contribution is -0.192. The fourth-order valence-electron chi connectivity index (χ4n) is 3.10. The van der Waals surface area contributed by atoms with Crippen molar-refractivity contribution in [1.82, 2.24) is 24.7 Å². The van der Waals surface area contributed by atoms with Gasteiger partial charge in [0.2, 0.25) is 0 Å². The van der Waals surface area contributed by atoms with Gasteiger partial charge in [0, 0.05) is 45.1 Å². The molecule has 0 radical (unpaired) electrons. The number of alkyl halides is 3. The van der Waals surface area contributed by atoms with Crippen LogP contribution in [0.25, 0.3) is 0 Å². The molecule has 2 aliphatic rings. The van der Waals surface area contributed by atoms with Gasteiger partial charge in [0.15, 0.2) is 0 Å². The predicted molar refractivity (Wildman–Crippen MR) is 95.3 cm³/mol. The van der Waals surface area contributed by atoms with Gasteiger partial charge in [0.05, 0.1) is 24.9 Å². The summed E-state index contributed by atoms with van der Waals surface area (Å²) in [5.41, 5.74) is 0.404. The molecule has 0 saturated carbocycles. The molecule has 162 valence electrons. The van der Waals surface area contributed by atoms with Gasteiger partial charge in [0.1, 0.15) is 5.69 Å². The minimum atomic E-state index is -5.08. The number of carboxylic acids is 1. The number of rotatable bonds is 4. The highest BCUT2D eigenvalue weighted by Crippen LogP contribution is 2.23. The van der Waals surface area contributed by atoms with E-state index in [-0.39, 0.29) is 18.1 Å². The largest absolute Gasteiger partial charge is 0.490 e. The molecule has 3 heterocycles. The molecule has 0 spiro atoms. The molecule has 0 aromatic carbocycles. The summed E-state index contributed by atoms with van der Waals surface area (Å²) < 4.78 is 37.6. The van der Waals surface area contributed by atoms with E-state index in [1.807, 2.05) is 4.90 Å². The number of amides is 1. The Morgan fingerprint density at radius 1 is 1.31 bits per heavy atom. The van der Waals surface area contributed by atoms with Crippen molar-refractivity contribution in [2.75, 3.05) is 53.4 Å². The normalized spacial score (nSPS) is 22.1. The van der Waals surface area contributed by atoms with E-state index in [1.54, 1.807) is 12.4 Å². The summed E-state index contributed by atoms with van der Waals surface area (Å²) in [5, 5.41) is 7.12. The summed E-state index contributed by atoms with van der Waals surface area (Å²) in [7, 11) is 4.16. The summed E-state index contributed by atoms with van der Waals surface area (Å²) in [5.74, 6) is -2.81. The minimum Gasteiger partial charge on any atom is -0.475 e. The molecule has 1 amide bonds. The van der Waals surface area contributed by atoms with E-state index < -0.39 is 12.1 Å². The SMILES string of the molecule is CN(C)CCN1CCO[C@H]2CN(C(=O)c3cnccn3)C[C@H]21.O=C(O)C(F)(F)F. The van der Waals surface area contributed by atoms with E-state index >= 15 is 0 Å². The first-order valence-electron chi connectivity index (χ1n) is 8.95. The summed E-state index contributed by atoms with van der Waals surface area (Å²) in [4.78, 5) is 35.9. The summed E-state index contributed by atoms with van der Waals surface area (Å²) >= 11 is 0. The van der Waals surface area contributed by atoms with Crippen LogP contribution in [-0.2, 0) is 9.53 Å². The van der Waals surface area contributed by atoms with Crippen LogP contribution in [0, 0.1) is 0 Å². The molecule has 2 atom stereocenters. The van der Waals surface area contributed by atoms with Crippen molar-refractivity contribution in [3.8, 4) is 0 Å². The molecule has 9 nitrogen and oxygen atoms in total. The second-order valence-corrected chi connectivity index (χ2v) is 6.92. The number of carboxylic acid groups (broad SMARTS) is 1. The molecule has 3 rings (SSSR count). The molecule has 0 aliphatic carbocycles. The number of aliphatic carboxylic acids is 1. The average molecular weight is 419 g/mol. The van der Waals surface area contributed by atoms with Gasteiger partial charge in [-0.1, -0.05) is 0 Å². The monoisotopic (exact) mass is 419 g/mol. The number of likely N-dealkylation sites (N-methyl/N-ethyl adjacent to an activating group) is 1. The molecular weight excluding hydrogens is 395 g/mol. The quantitative estimate of drug-likeness (QED) is 0.739. The van der Waals surface area contributed by atoms with Crippen molar-refractivity contribution in [1.29, 1.82) is 0 Å². The van der Waals surface area contributed by atoms with Crippen LogP contribution in [0.3, 0.4) is 0 Å². The smallest absolute Gasteiger partial charge is 0.475 e. The van der Waals surface area contributed by atoms with Crippen LogP contribution < -0.4 is 0 Å². The lowest BCUT2D eigenvalue weighted by atomic mass is 10.1. The van der Waals surface area contributed by atoms with Crippen LogP contribution in [0.2, 0.25) is 0 Å². The third-order valence-corrected chi connectivity index (χ3v) is 4.56. The van der Waals surface area contributed by atoms with Gasteiger partial charge < -0.3 is 19.6 Å². The number of nitrogens with zero attached hydrogens (tertiary/aromatic N) is 5. The molecule has 2 fully saturated rings. The number of ether oxygens (including phenoxy) is 1. The van der Waals surface area contributed by atoms with Crippen LogP contribution in [0.15, 0.2) is 18.6 Å². The zero-order valence-electron chi connectivity index (χ0n) is 16.2. The average Bonchev–Trinajstić information content (AvgIpc) is 3.11. The van der Waals surface area contributed by atoms with E-state index in [4.69, 9.17) is 14.6 Å². The van der Waals surface area contributed by atoms with Gasteiger partial charge in [0.25, 0.3) is 5.91 Å². The van der Waals surface area contributed by atoms with Gasteiger partial charge in [-0.05, 0) is 14.1 Å². The van der Waals surface area contributed by atoms with Crippen molar-refractivity contribution < 1.29 is 32.6 Å².